The van der Waals surface area contributed by atoms with Crippen LogP contribution in [0.5, 0.6) is 5.75 Å². The Kier molecular flexibility index (Phi) is 3.66. The summed E-state index contributed by atoms with van der Waals surface area (Å²) in [5.74, 6) is -1.68. The Morgan fingerprint density at radius 1 is 1.47 bits per heavy atom. The molecule has 2 heterocycles. The summed E-state index contributed by atoms with van der Waals surface area (Å²) >= 11 is 0. The third-order valence-electron chi connectivity index (χ3n) is 3.11. The first kappa shape index (κ1) is 13.3. The molecule has 2 N–H and O–H groups in total. The molecule has 0 aliphatic carbocycles. The number of hydrogen-bond acceptors (Lipinski definition) is 5. The SMILES string of the molecule is COC1CC(C(=O)O)N(C(=O)c2cncc(O)c2)C1. The highest BCUT2D eigenvalue weighted by Gasteiger charge is 2.40. The number of aliphatic carboxylic acids is 1. The van der Waals surface area contributed by atoms with Gasteiger partial charge in [0.2, 0.25) is 0 Å². The second-order valence-electron chi connectivity index (χ2n) is 4.34. The lowest BCUT2D eigenvalue weighted by Gasteiger charge is -2.21. The summed E-state index contributed by atoms with van der Waals surface area (Å²) in [6, 6.07) is 0.341. The molecular weight excluding hydrogens is 252 g/mol. The van der Waals surface area contributed by atoms with E-state index in [0.717, 1.165) is 0 Å². The minimum Gasteiger partial charge on any atom is -0.506 e. The molecular formula is C12H14N2O5. The number of aromatic hydroxyl groups is 1. The number of carbonyl (C=O) groups is 2. The van der Waals surface area contributed by atoms with Gasteiger partial charge < -0.3 is 19.8 Å². The van der Waals surface area contributed by atoms with Crippen LogP contribution in [0.2, 0.25) is 0 Å². The Balaban J connectivity index is 2.24. The van der Waals surface area contributed by atoms with Crippen molar-refractivity contribution in [1.29, 1.82) is 0 Å². The summed E-state index contributed by atoms with van der Waals surface area (Å²) in [7, 11) is 1.48. The molecule has 0 radical (unpaired) electrons. The van der Waals surface area contributed by atoms with Gasteiger partial charge in [0.1, 0.15) is 11.8 Å². The van der Waals surface area contributed by atoms with E-state index in [1.165, 1.54) is 30.5 Å². The van der Waals surface area contributed by atoms with Crippen molar-refractivity contribution in [1.82, 2.24) is 9.88 Å². The highest BCUT2D eigenvalue weighted by molar-refractivity contribution is 5.97. The fraction of sp³-hybridized carbons (Fsp3) is 0.417. The highest BCUT2D eigenvalue weighted by Crippen LogP contribution is 2.23. The Hall–Kier alpha value is -2.15. The molecule has 7 heteroatoms. The van der Waals surface area contributed by atoms with E-state index in [4.69, 9.17) is 9.84 Å². The van der Waals surface area contributed by atoms with E-state index in [0.29, 0.717) is 0 Å². The van der Waals surface area contributed by atoms with Crippen LogP contribution in [0.1, 0.15) is 16.8 Å². The minimum atomic E-state index is -1.07. The average molecular weight is 266 g/mol. The van der Waals surface area contributed by atoms with Gasteiger partial charge in [-0.2, -0.15) is 0 Å². The second-order valence-corrected chi connectivity index (χ2v) is 4.34. The number of pyridine rings is 1. The molecule has 1 amide bonds. The van der Waals surface area contributed by atoms with Gasteiger partial charge in [0.25, 0.3) is 5.91 Å². The largest absolute Gasteiger partial charge is 0.506 e. The maximum atomic E-state index is 12.2. The number of nitrogens with zero attached hydrogens (tertiary/aromatic N) is 2. The van der Waals surface area contributed by atoms with Crippen molar-refractivity contribution in [3.8, 4) is 5.75 Å². The van der Waals surface area contributed by atoms with Crippen LogP contribution >= 0.6 is 0 Å². The number of carbonyl (C=O) groups excluding carboxylic acids is 1. The maximum absolute atomic E-state index is 12.2. The van der Waals surface area contributed by atoms with Crippen LogP contribution in [0, 0.1) is 0 Å². The molecule has 1 aliphatic rings. The third kappa shape index (κ3) is 2.65. The zero-order chi connectivity index (χ0) is 14.0. The van der Waals surface area contributed by atoms with Crippen molar-refractivity contribution in [3.05, 3.63) is 24.0 Å². The monoisotopic (exact) mass is 266 g/mol. The summed E-state index contributed by atoms with van der Waals surface area (Å²) in [6.07, 6.45) is 2.45. The fourth-order valence-electron chi connectivity index (χ4n) is 2.14. The normalized spacial score (nSPS) is 22.5. The van der Waals surface area contributed by atoms with Crippen molar-refractivity contribution < 1.29 is 24.5 Å². The lowest BCUT2D eigenvalue weighted by atomic mass is 10.2. The minimum absolute atomic E-state index is 0.139. The molecule has 1 saturated heterocycles. The van der Waals surface area contributed by atoms with Crippen LogP contribution < -0.4 is 0 Å². The molecule has 1 aliphatic heterocycles. The lowest BCUT2D eigenvalue weighted by Crippen LogP contribution is -2.40. The molecule has 7 nitrogen and oxygen atoms in total. The summed E-state index contributed by atoms with van der Waals surface area (Å²) < 4.78 is 5.11. The third-order valence-corrected chi connectivity index (χ3v) is 3.11. The molecule has 2 atom stereocenters. The predicted octanol–water partition coefficient (Wildman–Crippen LogP) is 0.101. The molecule has 0 bridgehead atoms. The zero-order valence-corrected chi connectivity index (χ0v) is 10.3. The molecule has 102 valence electrons. The molecule has 19 heavy (non-hydrogen) atoms. The zero-order valence-electron chi connectivity index (χ0n) is 10.3. The van der Waals surface area contributed by atoms with Crippen molar-refractivity contribution in [2.75, 3.05) is 13.7 Å². The molecule has 1 fully saturated rings. The van der Waals surface area contributed by atoms with E-state index < -0.39 is 17.9 Å². The Morgan fingerprint density at radius 2 is 2.21 bits per heavy atom. The molecule has 0 spiro atoms. The van der Waals surface area contributed by atoms with Gasteiger partial charge in [-0.25, -0.2) is 4.79 Å². The van der Waals surface area contributed by atoms with Crippen LogP contribution in [-0.4, -0.2) is 57.8 Å². The first-order chi connectivity index (χ1) is 9.02. The summed E-state index contributed by atoms with van der Waals surface area (Å²) in [4.78, 5) is 28.3. The Labute approximate surface area is 109 Å². The average Bonchev–Trinajstić information content (AvgIpc) is 2.82. The predicted molar refractivity (Wildman–Crippen MR) is 63.8 cm³/mol. The Morgan fingerprint density at radius 3 is 2.79 bits per heavy atom. The van der Waals surface area contributed by atoms with Crippen molar-refractivity contribution in [2.24, 2.45) is 0 Å². The van der Waals surface area contributed by atoms with E-state index in [9.17, 15) is 14.7 Å². The topological polar surface area (TPSA) is 100.0 Å². The molecule has 1 aromatic heterocycles. The van der Waals surface area contributed by atoms with Crippen LogP contribution in [-0.2, 0) is 9.53 Å². The molecule has 2 rings (SSSR count). The van der Waals surface area contributed by atoms with Crippen LogP contribution in [0.25, 0.3) is 0 Å². The standard InChI is InChI=1S/C12H14N2O5/c1-19-9-3-10(12(17)18)14(6-9)11(16)7-2-8(15)5-13-4-7/h2,4-5,9-10,15H,3,6H2,1H3,(H,17,18). The summed E-state index contributed by atoms with van der Waals surface area (Å²) in [5, 5.41) is 18.4. The van der Waals surface area contributed by atoms with Gasteiger partial charge in [-0.1, -0.05) is 0 Å². The first-order valence-electron chi connectivity index (χ1n) is 5.73. The molecule has 1 aromatic rings. The number of likely N-dealkylation sites (tertiary alicyclic amines) is 1. The summed E-state index contributed by atoms with van der Waals surface area (Å²) in [6.45, 7) is 0.210. The van der Waals surface area contributed by atoms with E-state index in [-0.39, 0.29) is 30.4 Å². The van der Waals surface area contributed by atoms with Gasteiger partial charge >= 0.3 is 5.97 Å². The van der Waals surface area contributed by atoms with Crippen molar-refractivity contribution in [3.63, 3.8) is 0 Å². The number of methoxy groups -OCH3 is 1. The molecule has 2 unspecified atom stereocenters. The number of ether oxygens (including phenoxy) is 1. The fourth-order valence-corrected chi connectivity index (χ4v) is 2.14. The number of amides is 1. The van der Waals surface area contributed by atoms with Crippen molar-refractivity contribution >= 4 is 11.9 Å². The van der Waals surface area contributed by atoms with Crippen LogP contribution in [0.4, 0.5) is 0 Å². The molecule has 0 aromatic carbocycles. The van der Waals surface area contributed by atoms with Gasteiger partial charge in [0, 0.05) is 26.3 Å². The second kappa shape index (κ2) is 5.23. The van der Waals surface area contributed by atoms with Gasteiger partial charge in [-0.3, -0.25) is 9.78 Å². The van der Waals surface area contributed by atoms with Crippen LogP contribution in [0.3, 0.4) is 0 Å². The number of aromatic nitrogens is 1. The maximum Gasteiger partial charge on any atom is 0.326 e. The van der Waals surface area contributed by atoms with E-state index >= 15 is 0 Å². The smallest absolute Gasteiger partial charge is 0.326 e. The van der Waals surface area contributed by atoms with Crippen LogP contribution in [0.15, 0.2) is 18.5 Å². The molecule has 0 saturated carbocycles. The highest BCUT2D eigenvalue weighted by atomic mass is 16.5. The Bertz CT molecular complexity index is 505. The first-order valence-corrected chi connectivity index (χ1v) is 5.73. The van der Waals surface area contributed by atoms with Crippen molar-refractivity contribution in [2.45, 2.75) is 18.6 Å². The van der Waals surface area contributed by atoms with Gasteiger partial charge in [-0.15, -0.1) is 0 Å². The van der Waals surface area contributed by atoms with E-state index in [2.05, 4.69) is 4.98 Å². The number of hydrogen-bond donors (Lipinski definition) is 2. The van der Waals surface area contributed by atoms with E-state index in [1.54, 1.807) is 0 Å². The number of carboxylic acid groups (broad SMARTS) is 1. The lowest BCUT2D eigenvalue weighted by molar-refractivity contribution is -0.141. The quantitative estimate of drug-likeness (QED) is 0.805. The summed E-state index contributed by atoms with van der Waals surface area (Å²) in [5.41, 5.74) is 0.156. The number of carboxylic acids is 1. The van der Waals surface area contributed by atoms with E-state index in [1.807, 2.05) is 0 Å². The van der Waals surface area contributed by atoms with Gasteiger partial charge in [-0.05, 0) is 6.07 Å². The number of rotatable bonds is 3. The van der Waals surface area contributed by atoms with Gasteiger partial charge in [0.15, 0.2) is 0 Å². The van der Waals surface area contributed by atoms with Gasteiger partial charge in [0.05, 0.1) is 17.9 Å².